The van der Waals surface area contributed by atoms with Crippen LogP contribution in [0.15, 0.2) is 0 Å². The quantitative estimate of drug-likeness (QED) is 0.684. The van der Waals surface area contributed by atoms with Gasteiger partial charge in [0, 0.05) is 6.54 Å². The summed E-state index contributed by atoms with van der Waals surface area (Å²) >= 11 is 0. The van der Waals surface area contributed by atoms with E-state index in [0.717, 1.165) is 13.0 Å². The average molecular weight is 199 g/mol. The van der Waals surface area contributed by atoms with Gasteiger partial charge >= 0.3 is 0 Å². The van der Waals surface area contributed by atoms with Gasteiger partial charge in [-0.25, -0.2) is 4.39 Å². The van der Waals surface area contributed by atoms with Gasteiger partial charge in [-0.05, 0) is 31.7 Å². The number of alkyl halides is 1. The molecule has 1 heterocycles. The summed E-state index contributed by atoms with van der Waals surface area (Å²) in [6.07, 6.45) is 7.59. The molecule has 2 unspecified atom stereocenters. The van der Waals surface area contributed by atoms with Gasteiger partial charge in [0.05, 0.1) is 0 Å². The molecule has 0 amide bonds. The molecule has 0 radical (unpaired) electrons. The van der Waals surface area contributed by atoms with Crippen molar-refractivity contribution in [3.63, 3.8) is 0 Å². The van der Waals surface area contributed by atoms with Crippen molar-refractivity contribution in [3.05, 3.63) is 0 Å². The van der Waals surface area contributed by atoms with E-state index in [2.05, 4.69) is 5.32 Å². The van der Waals surface area contributed by atoms with Crippen molar-refractivity contribution >= 4 is 0 Å². The maximum absolute atomic E-state index is 14.3. The summed E-state index contributed by atoms with van der Waals surface area (Å²) in [5.41, 5.74) is -0.958. The molecule has 1 nitrogen and oxygen atoms in total. The molecule has 0 bridgehead atoms. The second kappa shape index (κ2) is 4.18. The summed E-state index contributed by atoms with van der Waals surface area (Å²) in [6.45, 7) is 3.37. The number of hydrogen-bond donors (Lipinski definition) is 1. The molecular formula is C12H22FN. The van der Waals surface area contributed by atoms with E-state index in [0.29, 0.717) is 18.4 Å². The van der Waals surface area contributed by atoms with Gasteiger partial charge in [0.25, 0.3) is 0 Å². The van der Waals surface area contributed by atoms with Crippen LogP contribution in [0, 0.1) is 11.8 Å². The predicted octanol–water partition coefficient (Wildman–Crippen LogP) is 2.90. The first-order valence-electron chi connectivity index (χ1n) is 6.10. The van der Waals surface area contributed by atoms with Gasteiger partial charge in [-0.3, -0.25) is 0 Å². The topological polar surface area (TPSA) is 12.0 Å². The van der Waals surface area contributed by atoms with Crippen LogP contribution in [-0.4, -0.2) is 18.8 Å². The van der Waals surface area contributed by atoms with E-state index in [4.69, 9.17) is 0 Å². The first-order valence-corrected chi connectivity index (χ1v) is 6.10. The summed E-state index contributed by atoms with van der Waals surface area (Å²) in [5.74, 6) is 0.991. The molecule has 14 heavy (non-hydrogen) atoms. The van der Waals surface area contributed by atoms with Crippen LogP contribution in [0.1, 0.15) is 45.4 Å². The molecule has 2 fully saturated rings. The van der Waals surface area contributed by atoms with Gasteiger partial charge in [0.15, 0.2) is 0 Å². The zero-order valence-corrected chi connectivity index (χ0v) is 9.19. The average Bonchev–Trinajstić information content (AvgIpc) is 2.18. The van der Waals surface area contributed by atoms with Crippen molar-refractivity contribution in [2.75, 3.05) is 13.1 Å². The highest BCUT2D eigenvalue weighted by atomic mass is 19.1. The Morgan fingerprint density at radius 1 is 1.14 bits per heavy atom. The number of nitrogens with one attached hydrogen (secondary N) is 1. The highest BCUT2D eigenvalue weighted by Crippen LogP contribution is 2.40. The fraction of sp³-hybridized carbons (Fsp3) is 1.00. The summed E-state index contributed by atoms with van der Waals surface area (Å²) in [4.78, 5) is 0. The molecule has 2 rings (SSSR count). The van der Waals surface area contributed by atoms with Gasteiger partial charge in [0.1, 0.15) is 5.67 Å². The Balaban J connectivity index is 1.99. The minimum atomic E-state index is -0.958. The molecule has 0 aromatic carbocycles. The van der Waals surface area contributed by atoms with E-state index in [9.17, 15) is 4.39 Å². The van der Waals surface area contributed by atoms with Crippen LogP contribution in [-0.2, 0) is 0 Å². The van der Waals surface area contributed by atoms with Crippen LogP contribution in [0.4, 0.5) is 4.39 Å². The van der Waals surface area contributed by atoms with Crippen molar-refractivity contribution in [2.24, 2.45) is 11.8 Å². The SMILES string of the molecule is CC1(F)CNCCC1C1CCCCC1. The maximum Gasteiger partial charge on any atom is 0.123 e. The highest BCUT2D eigenvalue weighted by molar-refractivity contribution is 4.93. The van der Waals surface area contributed by atoms with Gasteiger partial charge in [0.2, 0.25) is 0 Å². The Kier molecular flexibility index (Phi) is 3.10. The van der Waals surface area contributed by atoms with E-state index >= 15 is 0 Å². The summed E-state index contributed by atoms with van der Waals surface area (Å²) in [7, 11) is 0. The fourth-order valence-corrected chi connectivity index (χ4v) is 3.29. The Hall–Kier alpha value is -0.110. The molecule has 1 N–H and O–H groups in total. The molecule has 1 saturated carbocycles. The highest BCUT2D eigenvalue weighted by Gasteiger charge is 2.41. The minimum absolute atomic E-state index is 0.323. The number of halogens is 1. The second-order valence-corrected chi connectivity index (χ2v) is 5.25. The first kappa shape index (κ1) is 10.4. The molecular weight excluding hydrogens is 177 g/mol. The lowest BCUT2D eigenvalue weighted by molar-refractivity contribution is 0.0206. The zero-order valence-electron chi connectivity index (χ0n) is 9.19. The third kappa shape index (κ3) is 2.10. The van der Waals surface area contributed by atoms with Gasteiger partial charge in [-0.15, -0.1) is 0 Å². The lowest BCUT2D eigenvalue weighted by Crippen LogP contribution is -2.49. The van der Waals surface area contributed by atoms with E-state index in [1.807, 2.05) is 0 Å². The zero-order chi connectivity index (χ0) is 10.0. The summed E-state index contributed by atoms with van der Waals surface area (Å²) in [6, 6.07) is 0. The van der Waals surface area contributed by atoms with Crippen molar-refractivity contribution < 1.29 is 4.39 Å². The van der Waals surface area contributed by atoms with Gasteiger partial charge < -0.3 is 5.32 Å². The van der Waals surface area contributed by atoms with Crippen LogP contribution < -0.4 is 5.32 Å². The number of rotatable bonds is 1. The Morgan fingerprint density at radius 2 is 1.86 bits per heavy atom. The summed E-state index contributed by atoms with van der Waals surface area (Å²) in [5, 5.41) is 3.17. The lowest BCUT2D eigenvalue weighted by Gasteiger charge is -2.41. The summed E-state index contributed by atoms with van der Waals surface area (Å²) < 4.78 is 14.3. The lowest BCUT2D eigenvalue weighted by atomic mass is 9.70. The molecule has 2 aliphatic rings. The van der Waals surface area contributed by atoms with Crippen molar-refractivity contribution in [3.8, 4) is 0 Å². The smallest absolute Gasteiger partial charge is 0.123 e. The van der Waals surface area contributed by atoms with Crippen LogP contribution >= 0.6 is 0 Å². The molecule has 0 aromatic rings. The third-order valence-electron chi connectivity index (χ3n) is 4.09. The third-order valence-corrected chi connectivity index (χ3v) is 4.09. The first-order chi connectivity index (χ1) is 6.70. The minimum Gasteiger partial charge on any atom is -0.314 e. The van der Waals surface area contributed by atoms with Crippen LogP contribution in [0.2, 0.25) is 0 Å². The fourth-order valence-electron chi connectivity index (χ4n) is 3.29. The van der Waals surface area contributed by atoms with Crippen LogP contribution in [0.3, 0.4) is 0 Å². The van der Waals surface area contributed by atoms with Crippen LogP contribution in [0.5, 0.6) is 0 Å². The molecule has 2 atom stereocenters. The molecule has 0 aromatic heterocycles. The van der Waals surface area contributed by atoms with Crippen molar-refractivity contribution in [1.82, 2.24) is 5.32 Å². The largest absolute Gasteiger partial charge is 0.314 e. The molecule has 2 heteroatoms. The van der Waals surface area contributed by atoms with E-state index in [1.165, 1.54) is 32.1 Å². The molecule has 82 valence electrons. The van der Waals surface area contributed by atoms with Gasteiger partial charge in [-0.2, -0.15) is 0 Å². The monoisotopic (exact) mass is 199 g/mol. The predicted molar refractivity (Wildman–Crippen MR) is 57.1 cm³/mol. The number of piperidine rings is 1. The van der Waals surface area contributed by atoms with Gasteiger partial charge in [-0.1, -0.05) is 32.1 Å². The molecule has 1 aliphatic heterocycles. The van der Waals surface area contributed by atoms with E-state index in [1.54, 1.807) is 6.92 Å². The van der Waals surface area contributed by atoms with E-state index < -0.39 is 5.67 Å². The Bertz CT molecular complexity index is 185. The Labute approximate surface area is 86.5 Å². The van der Waals surface area contributed by atoms with Crippen molar-refractivity contribution in [2.45, 2.75) is 51.1 Å². The Morgan fingerprint density at radius 3 is 2.50 bits per heavy atom. The molecule has 1 aliphatic carbocycles. The maximum atomic E-state index is 14.3. The second-order valence-electron chi connectivity index (χ2n) is 5.25. The number of hydrogen-bond acceptors (Lipinski definition) is 1. The molecule has 1 saturated heterocycles. The van der Waals surface area contributed by atoms with E-state index in [-0.39, 0.29) is 0 Å². The van der Waals surface area contributed by atoms with Crippen LogP contribution in [0.25, 0.3) is 0 Å². The van der Waals surface area contributed by atoms with Crippen molar-refractivity contribution in [1.29, 1.82) is 0 Å². The molecule has 0 spiro atoms. The normalized spacial score (nSPS) is 41.1. The standard InChI is InChI=1S/C12H22FN/c1-12(13)9-14-8-7-11(12)10-5-3-2-4-6-10/h10-11,14H,2-9H2,1H3.